The average molecular weight is 428 g/mol. The topological polar surface area (TPSA) is 57.5 Å². The van der Waals surface area contributed by atoms with E-state index in [0.29, 0.717) is 13.2 Å². The number of fused-ring (bicyclic) bond motifs is 2. The normalized spacial score (nSPS) is 14.6. The quantitative estimate of drug-likeness (QED) is 0.682. The molecule has 7 heteroatoms. The number of benzene rings is 2. The van der Waals surface area contributed by atoms with E-state index in [9.17, 15) is 0 Å². The monoisotopic (exact) mass is 427 g/mol. The van der Waals surface area contributed by atoms with E-state index in [0.717, 1.165) is 57.4 Å². The molecule has 1 aromatic heterocycles. The minimum absolute atomic E-state index is 0.562. The van der Waals surface area contributed by atoms with Gasteiger partial charge in [-0.15, -0.1) is 0 Å². The lowest BCUT2D eigenvalue weighted by Gasteiger charge is -2.19. The largest absolute Gasteiger partial charge is 0.496 e. The van der Waals surface area contributed by atoms with Crippen molar-refractivity contribution in [3.8, 4) is 34.2 Å². The maximum atomic E-state index is 5.74. The van der Waals surface area contributed by atoms with E-state index in [1.54, 1.807) is 7.11 Å². The van der Waals surface area contributed by atoms with E-state index in [1.165, 1.54) is 5.56 Å². The lowest BCUT2D eigenvalue weighted by molar-refractivity contribution is 0.171. The number of ether oxygens (including phenoxy) is 3. The first-order valence-corrected chi connectivity index (χ1v) is 9.63. The molecule has 2 aromatic carbocycles. The van der Waals surface area contributed by atoms with Gasteiger partial charge >= 0.3 is 0 Å². The van der Waals surface area contributed by atoms with Crippen molar-refractivity contribution < 1.29 is 14.2 Å². The predicted octanol–water partition coefficient (Wildman–Crippen LogP) is 4.05. The Bertz CT molecular complexity index is 1030. The zero-order valence-corrected chi connectivity index (χ0v) is 16.4. The summed E-state index contributed by atoms with van der Waals surface area (Å²) in [6.07, 6.45) is 0.922. The van der Waals surface area contributed by atoms with E-state index in [4.69, 9.17) is 19.3 Å². The van der Waals surface area contributed by atoms with Gasteiger partial charge in [-0.2, -0.15) is 5.10 Å². The van der Waals surface area contributed by atoms with Crippen LogP contribution >= 0.6 is 15.9 Å². The Hall–Kier alpha value is -2.67. The second kappa shape index (κ2) is 6.49. The number of methoxy groups -OCH3 is 1. The third-order valence-electron chi connectivity index (χ3n) is 4.84. The molecule has 0 aliphatic carbocycles. The molecule has 27 heavy (non-hydrogen) atoms. The van der Waals surface area contributed by atoms with E-state index in [1.807, 2.05) is 41.1 Å². The summed E-state index contributed by atoms with van der Waals surface area (Å²) >= 11 is 3.56. The average Bonchev–Trinajstić information content (AvgIpc) is 3.30. The van der Waals surface area contributed by atoms with Crippen LogP contribution in [0.5, 0.6) is 17.2 Å². The van der Waals surface area contributed by atoms with E-state index < -0.39 is 0 Å². The fourth-order valence-electron chi connectivity index (χ4n) is 3.61. The summed E-state index contributed by atoms with van der Waals surface area (Å²) in [4.78, 5) is 0. The molecule has 0 saturated heterocycles. The molecular weight excluding hydrogens is 410 g/mol. The number of anilines is 1. The minimum atomic E-state index is 0.562. The smallest absolute Gasteiger partial charge is 0.163 e. The van der Waals surface area contributed by atoms with Gasteiger partial charge < -0.3 is 19.5 Å². The summed E-state index contributed by atoms with van der Waals surface area (Å²) in [6, 6.07) is 11.9. The molecule has 0 fully saturated rings. The highest BCUT2D eigenvalue weighted by molar-refractivity contribution is 9.10. The SMILES string of the molecule is COc1ccc(Br)cc1-c1nn(-c2ccc3c(c2)OCCO3)c2c1CCN2. The van der Waals surface area contributed by atoms with Gasteiger partial charge in [-0.1, -0.05) is 15.9 Å². The molecule has 0 saturated carbocycles. The summed E-state index contributed by atoms with van der Waals surface area (Å²) in [6.45, 7) is 2.03. The standard InChI is InChI=1S/C20H18BrN3O3/c1-25-16-4-2-12(21)10-15(16)19-14-6-7-22-20(14)24(23-19)13-3-5-17-18(11-13)27-9-8-26-17/h2-5,10-11,22H,6-9H2,1H3. The molecule has 0 spiro atoms. The first-order chi connectivity index (χ1) is 13.2. The van der Waals surface area contributed by atoms with Crippen LogP contribution in [0.25, 0.3) is 16.9 Å². The maximum absolute atomic E-state index is 5.74. The molecule has 1 N–H and O–H groups in total. The van der Waals surface area contributed by atoms with Crippen LogP contribution in [0.1, 0.15) is 5.56 Å². The number of aromatic nitrogens is 2. The van der Waals surface area contributed by atoms with Crippen molar-refractivity contribution in [1.29, 1.82) is 0 Å². The zero-order chi connectivity index (χ0) is 18.4. The van der Waals surface area contributed by atoms with Gasteiger partial charge in [0.1, 0.15) is 30.5 Å². The van der Waals surface area contributed by atoms with Crippen molar-refractivity contribution in [1.82, 2.24) is 9.78 Å². The predicted molar refractivity (Wildman–Crippen MR) is 106 cm³/mol. The van der Waals surface area contributed by atoms with Crippen LogP contribution in [0.15, 0.2) is 40.9 Å². The molecule has 0 unspecified atom stereocenters. The van der Waals surface area contributed by atoms with Gasteiger partial charge in [0.15, 0.2) is 11.5 Å². The first-order valence-electron chi connectivity index (χ1n) is 8.84. The minimum Gasteiger partial charge on any atom is -0.496 e. The van der Waals surface area contributed by atoms with Crippen LogP contribution in [-0.2, 0) is 6.42 Å². The molecule has 5 rings (SSSR count). The van der Waals surface area contributed by atoms with Crippen molar-refractivity contribution in [2.45, 2.75) is 6.42 Å². The van der Waals surface area contributed by atoms with Gasteiger partial charge in [-0.05, 0) is 36.8 Å². The Balaban J connectivity index is 1.66. The number of halogens is 1. The number of nitrogens with zero attached hydrogens (tertiary/aromatic N) is 2. The molecule has 138 valence electrons. The van der Waals surface area contributed by atoms with Crippen molar-refractivity contribution >= 4 is 21.7 Å². The number of rotatable bonds is 3. The molecule has 0 bridgehead atoms. The Morgan fingerprint density at radius 1 is 1.11 bits per heavy atom. The highest BCUT2D eigenvalue weighted by Crippen LogP contribution is 2.40. The molecule has 2 aliphatic rings. The molecule has 6 nitrogen and oxygen atoms in total. The number of nitrogens with one attached hydrogen (secondary N) is 1. The second-order valence-corrected chi connectivity index (χ2v) is 7.35. The van der Waals surface area contributed by atoms with Gasteiger partial charge in [0.25, 0.3) is 0 Å². The Morgan fingerprint density at radius 3 is 2.81 bits per heavy atom. The molecule has 0 atom stereocenters. The van der Waals surface area contributed by atoms with Crippen LogP contribution < -0.4 is 19.5 Å². The molecule has 0 radical (unpaired) electrons. The Morgan fingerprint density at radius 2 is 1.96 bits per heavy atom. The van der Waals surface area contributed by atoms with Crippen LogP contribution in [0.4, 0.5) is 5.82 Å². The first kappa shape index (κ1) is 16.5. The molecule has 2 aliphatic heterocycles. The molecule has 3 aromatic rings. The van der Waals surface area contributed by atoms with Gasteiger partial charge in [0.05, 0.1) is 12.8 Å². The zero-order valence-electron chi connectivity index (χ0n) is 14.8. The summed E-state index contributed by atoms with van der Waals surface area (Å²) in [7, 11) is 1.68. The lowest BCUT2D eigenvalue weighted by Crippen LogP contribution is -2.15. The van der Waals surface area contributed by atoms with Crippen LogP contribution in [0, 0.1) is 0 Å². The van der Waals surface area contributed by atoms with Crippen LogP contribution in [-0.4, -0.2) is 36.6 Å². The van der Waals surface area contributed by atoms with Crippen molar-refractivity contribution in [2.24, 2.45) is 0 Å². The Labute approximate surface area is 165 Å². The Kier molecular flexibility index (Phi) is 3.97. The van der Waals surface area contributed by atoms with Crippen molar-refractivity contribution in [3.63, 3.8) is 0 Å². The number of hydrogen-bond acceptors (Lipinski definition) is 5. The van der Waals surface area contributed by atoms with E-state index >= 15 is 0 Å². The second-order valence-electron chi connectivity index (χ2n) is 6.44. The third-order valence-corrected chi connectivity index (χ3v) is 5.33. The third kappa shape index (κ3) is 2.73. The van der Waals surface area contributed by atoms with E-state index in [2.05, 4.69) is 21.2 Å². The van der Waals surface area contributed by atoms with Gasteiger partial charge in [-0.25, -0.2) is 4.68 Å². The molecule has 0 amide bonds. The summed E-state index contributed by atoms with van der Waals surface area (Å²) in [5.41, 5.74) is 4.04. The summed E-state index contributed by atoms with van der Waals surface area (Å²) < 4.78 is 19.9. The van der Waals surface area contributed by atoms with Crippen molar-refractivity contribution in [3.05, 3.63) is 46.4 Å². The fourth-order valence-corrected chi connectivity index (χ4v) is 3.97. The van der Waals surface area contributed by atoms with Gasteiger partial charge in [0.2, 0.25) is 0 Å². The van der Waals surface area contributed by atoms with Crippen molar-refractivity contribution in [2.75, 3.05) is 32.2 Å². The van der Waals surface area contributed by atoms with Gasteiger partial charge in [-0.3, -0.25) is 0 Å². The van der Waals surface area contributed by atoms with E-state index in [-0.39, 0.29) is 0 Å². The number of hydrogen-bond donors (Lipinski definition) is 1. The maximum Gasteiger partial charge on any atom is 0.163 e. The lowest BCUT2D eigenvalue weighted by atomic mass is 10.1. The summed E-state index contributed by atoms with van der Waals surface area (Å²) in [5, 5.41) is 8.39. The molecular formula is C20H18BrN3O3. The van der Waals surface area contributed by atoms with Crippen LogP contribution in [0.3, 0.4) is 0 Å². The van der Waals surface area contributed by atoms with Crippen LogP contribution in [0.2, 0.25) is 0 Å². The summed E-state index contributed by atoms with van der Waals surface area (Å²) in [5.74, 6) is 3.35. The highest BCUT2D eigenvalue weighted by atomic mass is 79.9. The highest BCUT2D eigenvalue weighted by Gasteiger charge is 2.26. The fraction of sp³-hybridized carbons (Fsp3) is 0.250. The molecule has 3 heterocycles. The van der Waals surface area contributed by atoms with Gasteiger partial charge in [0, 0.05) is 28.2 Å².